The minimum absolute atomic E-state index is 0.0101. The average Bonchev–Trinajstić information content (AvgIpc) is 2.66. The molecule has 6 atom stereocenters. The molecule has 5 nitrogen and oxygen atoms in total. The van der Waals surface area contributed by atoms with E-state index in [1.165, 1.54) is 12.8 Å². The van der Waals surface area contributed by atoms with Crippen molar-refractivity contribution in [3.63, 3.8) is 0 Å². The number of nitrogens with zero attached hydrogens (tertiary/aromatic N) is 1. The van der Waals surface area contributed by atoms with E-state index in [1.807, 2.05) is 18.2 Å². The summed E-state index contributed by atoms with van der Waals surface area (Å²) in [6.07, 6.45) is 3.34. The first-order valence-corrected chi connectivity index (χ1v) is 9.50. The van der Waals surface area contributed by atoms with E-state index in [4.69, 9.17) is 4.74 Å². The molecule has 5 heteroatoms. The van der Waals surface area contributed by atoms with Crippen LogP contribution in [0.2, 0.25) is 0 Å². The highest BCUT2D eigenvalue weighted by atomic mass is 16.5. The van der Waals surface area contributed by atoms with Crippen LogP contribution >= 0.6 is 0 Å². The first-order valence-electron chi connectivity index (χ1n) is 9.50. The highest BCUT2D eigenvalue weighted by Crippen LogP contribution is 2.44. The summed E-state index contributed by atoms with van der Waals surface area (Å²) < 4.78 is 5.35. The van der Waals surface area contributed by atoms with Gasteiger partial charge in [0.2, 0.25) is 5.91 Å². The number of aliphatic hydroxyl groups excluding tert-OH is 1. The summed E-state index contributed by atoms with van der Waals surface area (Å²) in [5.74, 6) is 2.08. The van der Waals surface area contributed by atoms with Gasteiger partial charge in [-0.2, -0.15) is 0 Å². The summed E-state index contributed by atoms with van der Waals surface area (Å²) in [4.78, 5) is 14.6. The molecular weight excluding hydrogens is 316 g/mol. The van der Waals surface area contributed by atoms with Crippen LogP contribution in [0.3, 0.4) is 0 Å². The number of rotatable bonds is 4. The van der Waals surface area contributed by atoms with E-state index in [9.17, 15) is 9.90 Å². The van der Waals surface area contributed by atoms with Crippen molar-refractivity contribution < 1.29 is 14.6 Å². The van der Waals surface area contributed by atoms with Gasteiger partial charge in [-0.1, -0.05) is 13.3 Å². The molecule has 0 saturated carbocycles. The van der Waals surface area contributed by atoms with Gasteiger partial charge in [0.05, 0.1) is 13.2 Å². The summed E-state index contributed by atoms with van der Waals surface area (Å²) in [7, 11) is 1.64. The highest BCUT2D eigenvalue weighted by Gasteiger charge is 2.45. The van der Waals surface area contributed by atoms with Crippen molar-refractivity contribution in [3.8, 4) is 5.75 Å². The van der Waals surface area contributed by atoms with E-state index >= 15 is 0 Å². The number of piperidine rings is 3. The quantitative estimate of drug-likeness (QED) is 0.881. The number of aliphatic hydroxyl groups is 1. The zero-order valence-corrected chi connectivity index (χ0v) is 15.1. The Labute approximate surface area is 149 Å². The van der Waals surface area contributed by atoms with Gasteiger partial charge < -0.3 is 15.2 Å². The second-order valence-corrected chi connectivity index (χ2v) is 7.82. The Bertz CT molecular complexity index is 662. The number of amides is 1. The molecule has 3 saturated heterocycles. The molecule has 0 radical (unpaired) electrons. The number of ether oxygens (including phenoxy) is 1. The lowest BCUT2D eigenvalue weighted by Gasteiger charge is -2.52. The van der Waals surface area contributed by atoms with Crippen LogP contribution in [-0.4, -0.2) is 48.3 Å². The number of benzene rings is 1. The van der Waals surface area contributed by atoms with Crippen molar-refractivity contribution in [1.82, 2.24) is 4.90 Å². The van der Waals surface area contributed by atoms with Crippen molar-refractivity contribution >= 4 is 11.6 Å². The Hall–Kier alpha value is -1.59. The third-order valence-corrected chi connectivity index (χ3v) is 6.60. The fourth-order valence-electron chi connectivity index (χ4n) is 5.17. The van der Waals surface area contributed by atoms with Gasteiger partial charge in [0.1, 0.15) is 5.75 Å². The fourth-order valence-corrected chi connectivity index (χ4v) is 5.17. The number of hydrogen-bond acceptors (Lipinski definition) is 4. The van der Waals surface area contributed by atoms with Crippen molar-refractivity contribution in [1.29, 1.82) is 0 Å². The second-order valence-electron chi connectivity index (χ2n) is 7.82. The Balaban J connectivity index is 1.61. The maximum atomic E-state index is 12.2. The maximum absolute atomic E-state index is 12.2. The minimum Gasteiger partial charge on any atom is -0.497 e. The van der Waals surface area contributed by atoms with Gasteiger partial charge in [0.25, 0.3) is 0 Å². The molecule has 0 spiro atoms. The summed E-state index contributed by atoms with van der Waals surface area (Å²) >= 11 is 0. The van der Waals surface area contributed by atoms with Gasteiger partial charge in [-0.05, 0) is 55.0 Å². The van der Waals surface area contributed by atoms with Crippen LogP contribution in [0.4, 0.5) is 5.69 Å². The number of fused-ring (bicyclic) bond motifs is 4. The molecule has 136 valence electrons. The van der Waals surface area contributed by atoms with Crippen molar-refractivity contribution in [2.75, 3.05) is 25.5 Å². The summed E-state index contributed by atoms with van der Waals surface area (Å²) in [5.41, 5.74) is 1.81. The first kappa shape index (κ1) is 16.9. The summed E-state index contributed by atoms with van der Waals surface area (Å²) in [6, 6.07) is 5.86. The van der Waals surface area contributed by atoms with E-state index in [-0.39, 0.29) is 17.9 Å². The van der Waals surface area contributed by atoms with Gasteiger partial charge in [-0.25, -0.2) is 0 Å². The molecule has 4 aliphatic heterocycles. The number of carbonyl (C=O) groups excluding carboxylic acids is 1. The van der Waals surface area contributed by atoms with Crippen molar-refractivity contribution in [2.24, 2.45) is 11.8 Å². The lowest BCUT2D eigenvalue weighted by Crippen LogP contribution is -2.58. The predicted molar refractivity (Wildman–Crippen MR) is 96.9 cm³/mol. The van der Waals surface area contributed by atoms with Gasteiger partial charge in [0.15, 0.2) is 0 Å². The third kappa shape index (κ3) is 2.93. The molecule has 3 fully saturated rings. The molecule has 4 aliphatic rings. The summed E-state index contributed by atoms with van der Waals surface area (Å²) in [6.45, 7) is 4.44. The number of anilines is 1. The molecular formula is C20H28N2O3. The smallest absolute Gasteiger partial charge is 0.225 e. The van der Waals surface area contributed by atoms with Crippen LogP contribution in [0.1, 0.15) is 44.1 Å². The molecule has 5 rings (SSSR count). The van der Waals surface area contributed by atoms with Gasteiger partial charge in [-0.3, -0.25) is 9.69 Å². The van der Waals surface area contributed by atoms with Gasteiger partial charge in [0, 0.05) is 30.6 Å². The largest absolute Gasteiger partial charge is 0.497 e. The van der Waals surface area contributed by atoms with E-state index < -0.39 is 6.10 Å². The SMILES string of the molecule is CC[C@H]1CN2CC[C@H]1C[C@H]2[C@H](O)[C@@H]1CC(=O)Nc2ccc(OC)cc21. The number of carbonyl (C=O) groups is 1. The molecule has 1 aromatic carbocycles. The Morgan fingerprint density at radius 3 is 2.96 bits per heavy atom. The van der Waals surface area contributed by atoms with E-state index in [1.54, 1.807) is 7.11 Å². The molecule has 1 unspecified atom stereocenters. The van der Waals surface area contributed by atoms with Crippen molar-refractivity contribution in [3.05, 3.63) is 23.8 Å². The topological polar surface area (TPSA) is 61.8 Å². The van der Waals surface area contributed by atoms with Crippen molar-refractivity contribution in [2.45, 2.75) is 50.7 Å². The van der Waals surface area contributed by atoms with Crippen LogP contribution < -0.4 is 10.1 Å². The molecule has 1 amide bonds. The number of nitrogens with one attached hydrogen (secondary N) is 1. The molecule has 2 N–H and O–H groups in total. The second kappa shape index (κ2) is 6.61. The standard InChI is InChI=1S/C20H28N2O3/c1-3-12-11-22-7-6-13(12)8-18(22)20(24)16-10-19(23)21-17-5-4-14(25-2)9-15(16)17/h4-5,9,12-13,16,18,20,24H,3,6-8,10-11H2,1-2H3,(H,21,23)/t12-,13-,16+,18-,20+/m0/s1. The number of methoxy groups -OCH3 is 1. The molecule has 0 aliphatic carbocycles. The lowest BCUT2D eigenvalue weighted by molar-refractivity contribution is -0.118. The number of hydrogen-bond donors (Lipinski definition) is 2. The van der Waals surface area contributed by atoms with E-state index in [2.05, 4.69) is 17.1 Å². The van der Waals surface area contributed by atoms with Gasteiger partial charge >= 0.3 is 0 Å². The monoisotopic (exact) mass is 344 g/mol. The molecule has 0 aromatic heterocycles. The minimum atomic E-state index is -0.516. The third-order valence-electron chi connectivity index (χ3n) is 6.60. The van der Waals surface area contributed by atoms with Crippen LogP contribution in [-0.2, 0) is 4.79 Å². The predicted octanol–water partition coefficient (Wildman–Crippen LogP) is 2.60. The van der Waals surface area contributed by atoms with Crippen LogP contribution in [0, 0.1) is 11.8 Å². The first-order chi connectivity index (χ1) is 12.1. The zero-order chi connectivity index (χ0) is 17.6. The average molecular weight is 344 g/mol. The molecule has 1 aromatic rings. The van der Waals surface area contributed by atoms with Crippen LogP contribution in [0.15, 0.2) is 18.2 Å². The molecule has 4 heterocycles. The van der Waals surface area contributed by atoms with Crippen LogP contribution in [0.25, 0.3) is 0 Å². The lowest BCUT2D eigenvalue weighted by atomic mass is 9.70. The Kier molecular flexibility index (Phi) is 4.46. The highest BCUT2D eigenvalue weighted by molar-refractivity contribution is 5.95. The molecule has 25 heavy (non-hydrogen) atoms. The Morgan fingerprint density at radius 2 is 2.28 bits per heavy atom. The van der Waals surface area contributed by atoms with E-state index in [0.29, 0.717) is 6.42 Å². The maximum Gasteiger partial charge on any atom is 0.225 e. The Morgan fingerprint density at radius 1 is 1.44 bits per heavy atom. The summed E-state index contributed by atoms with van der Waals surface area (Å²) in [5, 5.41) is 14.2. The van der Waals surface area contributed by atoms with Crippen LogP contribution in [0.5, 0.6) is 5.75 Å². The fraction of sp³-hybridized carbons (Fsp3) is 0.650. The normalized spacial score (nSPS) is 35.0. The van der Waals surface area contributed by atoms with Gasteiger partial charge in [-0.15, -0.1) is 0 Å². The van der Waals surface area contributed by atoms with E-state index in [0.717, 1.165) is 48.3 Å². The molecule has 2 bridgehead atoms. The zero-order valence-electron chi connectivity index (χ0n) is 15.1.